The average Bonchev–Trinajstić information content (AvgIpc) is 2.49. The third-order valence-electron chi connectivity index (χ3n) is 2.96. The van der Waals surface area contributed by atoms with Crippen molar-refractivity contribution in [1.82, 2.24) is 9.97 Å². The van der Waals surface area contributed by atoms with Crippen molar-refractivity contribution in [2.75, 3.05) is 5.32 Å². The Balaban J connectivity index is 2.11. The second kappa shape index (κ2) is 5.34. The highest BCUT2D eigenvalue weighted by molar-refractivity contribution is 6.33. The van der Waals surface area contributed by atoms with Gasteiger partial charge in [-0.3, -0.25) is 10.1 Å². The first-order valence-corrected chi connectivity index (χ1v) is 6.43. The summed E-state index contributed by atoms with van der Waals surface area (Å²) in [5.41, 5.74) is 1.27. The molecule has 0 aliphatic carbocycles. The van der Waals surface area contributed by atoms with Crippen LogP contribution >= 0.6 is 11.6 Å². The molecule has 1 N–H and O–H groups in total. The monoisotopic (exact) mass is 300 g/mol. The number of nitro groups is 1. The molecule has 7 heteroatoms. The highest BCUT2D eigenvalue weighted by atomic mass is 35.5. The van der Waals surface area contributed by atoms with Gasteiger partial charge in [0.25, 0.3) is 5.69 Å². The van der Waals surface area contributed by atoms with Crippen LogP contribution in [0, 0.1) is 10.1 Å². The summed E-state index contributed by atoms with van der Waals surface area (Å²) in [6, 6.07) is 11.6. The summed E-state index contributed by atoms with van der Waals surface area (Å²) in [6.45, 7) is 0. The molecule has 1 heterocycles. The molecule has 104 valence electrons. The van der Waals surface area contributed by atoms with E-state index in [0.29, 0.717) is 27.4 Å². The van der Waals surface area contributed by atoms with Crippen molar-refractivity contribution in [3.05, 3.63) is 63.9 Å². The molecule has 0 atom stereocenters. The molecule has 0 saturated carbocycles. The van der Waals surface area contributed by atoms with Crippen LogP contribution in [0.1, 0.15) is 0 Å². The van der Waals surface area contributed by atoms with Crippen LogP contribution in [-0.2, 0) is 0 Å². The Kier molecular flexibility index (Phi) is 3.37. The van der Waals surface area contributed by atoms with Crippen LogP contribution in [0.15, 0.2) is 48.8 Å². The lowest BCUT2D eigenvalue weighted by atomic mass is 10.2. The number of fused-ring (bicyclic) bond motifs is 1. The van der Waals surface area contributed by atoms with Crippen molar-refractivity contribution >= 4 is 39.7 Å². The van der Waals surface area contributed by atoms with E-state index in [-0.39, 0.29) is 5.69 Å². The van der Waals surface area contributed by atoms with Crippen molar-refractivity contribution < 1.29 is 4.92 Å². The van der Waals surface area contributed by atoms with E-state index in [1.165, 1.54) is 18.5 Å². The summed E-state index contributed by atoms with van der Waals surface area (Å²) >= 11 is 6.09. The maximum absolute atomic E-state index is 10.9. The van der Waals surface area contributed by atoms with Gasteiger partial charge >= 0.3 is 0 Å². The molecule has 3 aromatic rings. The lowest BCUT2D eigenvalue weighted by Crippen LogP contribution is -1.97. The van der Waals surface area contributed by atoms with E-state index in [0.717, 1.165) is 0 Å². The van der Waals surface area contributed by atoms with Crippen LogP contribution in [0.25, 0.3) is 10.9 Å². The van der Waals surface area contributed by atoms with Gasteiger partial charge in [-0.05, 0) is 18.2 Å². The van der Waals surface area contributed by atoms with E-state index in [2.05, 4.69) is 15.3 Å². The number of hydrogen-bond acceptors (Lipinski definition) is 5. The summed E-state index contributed by atoms with van der Waals surface area (Å²) in [7, 11) is 0. The van der Waals surface area contributed by atoms with Crippen molar-refractivity contribution in [2.24, 2.45) is 0 Å². The van der Waals surface area contributed by atoms with E-state index >= 15 is 0 Å². The van der Waals surface area contributed by atoms with E-state index in [1.54, 1.807) is 18.2 Å². The fraction of sp³-hybridized carbons (Fsp3) is 0. The molecular formula is C14H9ClN4O2. The number of nitro benzene ring substituents is 1. The van der Waals surface area contributed by atoms with Crippen molar-refractivity contribution in [2.45, 2.75) is 0 Å². The molecule has 21 heavy (non-hydrogen) atoms. The largest absolute Gasteiger partial charge is 0.338 e. The molecular weight excluding hydrogens is 292 g/mol. The zero-order chi connectivity index (χ0) is 14.8. The molecule has 0 radical (unpaired) electrons. The number of para-hydroxylation sites is 1. The third kappa shape index (κ3) is 2.61. The van der Waals surface area contributed by atoms with E-state index in [9.17, 15) is 10.1 Å². The molecule has 0 fully saturated rings. The number of aromatic nitrogens is 2. The summed E-state index contributed by atoms with van der Waals surface area (Å²) in [5.74, 6) is 0.469. The molecule has 0 unspecified atom stereocenters. The number of halogens is 1. The van der Waals surface area contributed by atoms with Crippen molar-refractivity contribution in [1.29, 1.82) is 0 Å². The zero-order valence-electron chi connectivity index (χ0n) is 10.7. The predicted octanol–water partition coefficient (Wildman–Crippen LogP) is 3.94. The highest BCUT2D eigenvalue weighted by Gasteiger charge is 2.11. The number of hydrogen-bond donors (Lipinski definition) is 1. The highest BCUT2D eigenvalue weighted by Crippen LogP contribution is 2.29. The maximum atomic E-state index is 10.9. The molecule has 0 saturated heterocycles. The van der Waals surface area contributed by atoms with Gasteiger partial charge in [-0.15, -0.1) is 0 Å². The zero-order valence-corrected chi connectivity index (χ0v) is 11.4. The summed E-state index contributed by atoms with van der Waals surface area (Å²) in [6.07, 6.45) is 1.40. The van der Waals surface area contributed by atoms with Gasteiger partial charge in [-0.1, -0.05) is 23.7 Å². The molecule has 0 aliphatic rings. The maximum Gasteiger partial charge on any atom is 0.270 e. The van der Waals surface area contributed by atoms with Gasteiger partial charge < -0.3 is 5.32 Å². The number of rotatable bonds is 3. The Morgan fingerprint density at radius 3 is 2.71 bits per heavy atom. The molecule has 0 amide bonds. The average molecular weight is 301 g/mol. The quantitative estimate of drug-likeness (QED) is 0.585. The topological polar surface area (TPSA) is 81.0 Å². The van der Waals surface area contributed by atoms with Crippen molar-refractivity contribution in [3.63, 3.8) is 0 Å². The lowest BCUT2D eigenvalue weighted by molar-refractivity contribution is -0.384. The molecule has 0 aliphatic heterocycles. The predicted molar refractivity (Wildman–Crippen MR) is 80.9 cm³/mol. The van der Waals surface area contributed by atoms with Gasteiger partial charge in [0.2, 0.25) is 0 Å². The second-order valence-electron chi connectivity index (χ2n) is 4.29. The number of non-ortho nitro benzene ring substituents is 1. The van der Waals surface area contributed by atoms with Crippen LogP contribution in [0.4, 0.5) is 17.2 Å². The van der Waals surface area contributed by atoms with Gasteiger partial charge in [0, 0.05) is 17.5 Å². The van der Waals surface area contributed by atoms with Crippen LogP contribution in [0.2, 0.25) is 5.02 Å². The molecule has 0 bridgehead atoms. The number of nitrogens with one attached hydrogen (secondary N) is 1. The summed E-state index contributed by atoms with van der Waals surface area (Å²) < 4.78 is 0. The van der Waals surface area contributed by atoms with Gasteiger partial charge in [0.1, 0.15) is 12.1 Å². The fourth-order valence-corrected chi connectivity index (χ4v) is 2.13. The molecule has 0 spiro atoms. The van der Waals surface area contributed by atoms with Crippen LogP contribution in [-0.4, -0.2) is 14.9 Å². The van der Waals surface area contributed by atoms with E-state index < -0.39 is 4.92 Å². The fourth-order valence-electron chi connectivity index (χ4n) is 1.95. The summed E-state index contributed by atoms with van der Waals surface area (Å²) in [5, 5.41) is 15.1. The lowest BCUT2D eigenvalue weighted by Gasteiger charge is -2.09. The van der Waals surface area contributed by atoms with Gasteiger partial charge in [-0.2, -0.15) is 0 Å². The Morgan fingerprint density at radius 1 is 1.14 bits per heavy atom. The van der Waals surface area contributed by atoms with Crippen LogP contribution in [0.5, 0.6) is 0 Å². The Morgan fingerprint density at radius 2 is 1.95 bits per heavy atom. The molecule has 1 aromatic heterocycles. The first-order chi connectivity index (χ1) is 10.1. The number of anilines is 2. The minimum Gasteiger partial charge on any atom is -0.338 e. The number of benzene rings is 2. The number of nitrogens with zero attached hydrogens (tertiary/aromatic N) is 3. The first kappa shape index (κ1) is 13.3. The Labute approximate surface area is 124 Å². The summed E-state index contributed by atoms with van der Waals surface area (Å²) in [4.78, 5) is 18.7. The minimum absolute atomic E-state index is 0.0143. The molecule has 2 aromatic carbocycles. The van der Waals surface area contributed by atoms with Crippen molar-refractivity contribution in [3.8, 4) is 0 Å². The standard InChI is InChI=1S/C14H9ClN4O2/c15-11-3-1-2-4-13(11)18-14-10-7-9(19(20)21)5-6-12(10)16-8-17-14/h1-8H,(H,16,17,18). The molecule has 3 rings (SSSR count). The van der Waals surface area contributed by atoms with Gasteiger partial charge in [-0.25, -0.2) is 9.97 Å². The molecule has 6 nitrogen and oxygen atoms in total. The van der Waals surface area contributed by atoms with Crippen LogP contribution < -0.4 is 5.32 Å². The smallest absolute Gasteiger partial charge is 0.270 e. The first-order valence-electron chi connectivity index (χ1n) is 6.06. The van der Waals surface area contributed by atoms with E-state index in [1.807, 2.05) is 12.1 Å². The normalized spacial score (nSPS) is 10.5. The van der Waals surface area contributed by atoms with Gasteiger partial charge in [0.15, 0.2) is 0 Å². The Bertz CT molecular complexity index is 838. The Hall–Kier alpha value is -2.73. The SMILES string of the molecule is O=[N+]([O-])c1ccc2ncnc(Nc3ccccc3Cl)c2c1. The second-order valence-corrected chi connectivity index (χ2v) is 4.69. The van der Waals surface area contributed by atoms with Crippen LogP contribution in [0.3, 0.4) is 0 Å². The van der Waals surface area contributed by atoms with Gasteiger partial charge in [0.05, 0.1) is 21.2 Å². The third-order valence-corrected chi connectivity index (χ3v) is 3.29. The van der Waals surface area contributed by atoms with E-state index in [4.69, 9.17) is 11.6 Å². The minimum atomic E-state index is -0.453.